The molecule has 0 aliphatic rings. The minimum Gasteiger partial charge on any atom is -0.383 e. The van der Waals surface area contributed by atoms with Crippen molar-refractivity contribution in [1.29, 1.82) is 0 Å². The number of H-pyrrole nitrogens is 1. The van der Waals surface area contributed by atoms with Gasteiger partial charge in [0.2, 0.25) is 9.84 Å². The van der Waals surface area contributed by atoms with E-state index in [0.717, 1.165) is 5.56 Å². The maximum Gasteiger partial charge on any atom is 0.211 e. The summed E-state index contributed by atoms with van der Waals surface area (Å²) in [6, 6.07) is 6.66. The Labute approximate surface area is 93.2 Å². The molecule has 0 fully saturated rings. The van der Waals surface area contributed by atoms with Crippen molar-refractivity contribution in [2.45, 2.75) is 16.7 Å². The number of nitrogens with two attached hydrogens (primary N) is 1. The summed E-state index contributed by atoms with van der Waals surface area (Å²) in [5.41, 5.74) is 6.38. The number of hydrogen-bond acceptors (Lipinski definition) is 4. The van der Waals surface area contributed by atoms with Crippen LogP contribution in [0.2, 0.25) is 0 Å². The number of aromatic amines is 1. The van der Waals surface area contributed by atoms with Crippen LogP contribution in [0.3, 0.4) is 0 Å². The highest BCUT2D eigenvalue weighted by atomic mass is 32.2. The summed E-state index contributed by atoms with van der Waals surface area (Å²) < 4.78 is 24.3. The van der Waals surface area contributed by atoms with Crippen molar-refractivity contribution >= 4 is 15.7 Å². The van der Waals surface area contributed by atoms with Crippen molar-refractivity contribution in [1.82, 2.24) is 10.2 Å². The highest BCUT2D eigenvalue weighted by Crippen LogP contribution is 2.24. The van der Waals surface area contributed by atoms with Gasteiger partial charge >= 0.3 is 0 Å². The van der Waals surface area contributed by atoms with Gasteiger partial charge in [-0.1, -0.05) is 12.1 Å². The number of hydrogen-bond donors (Lipinski definition) is 2. The minimum atomic E-state index is -3.57. The lowest BCUT2D eigenvalue weighted by molar-refractivity contribution is 0.596. The van der Waals surface area contributed by atoms with E-state index in [9.17, 15) is 8.42 Å². The molecule has 0 aliphatic heterocycles. The third-order valence-electron chi connectivity index (χ3n) is 2.22. The van der Waals surface area contributed by atoms with Gasteiger partial charge in [-0.25, -0.2) is 8.42 Å². The molecule has 0 saturated heterocycles. The summed E-state index contributed by atoms with van der Waals surface area (Å²) in [6.07, 6.45) is 1.22. The number of nitrogens with zero attached hydrogens (tertiary/aromatic N) is 1. The van der Waals surface area contributed by atoms with E-state index in [2.05, 4.69) is 10.2 Å². The first-order valence-electron chi connectivity index (χ1n) is 4.62. The predicted molar refractivity (Wildman–Crippen MR) is 59.6 cm³/mol. The molecule has 1 aromatic heterocycles. The van der Waals surface area contributed by atoms with Gasteiger partial charge in [0, 0.05) is 0 Å². The third-order valence-corrected chi connectivity index (χ3v) is 4.00. The summed E-state index contributed by atoms with van der Waals surface area (Å²) in [4.78, 5) is 0.235. The second-order valence-electron chi connectivity index (χ2n) is 3.47. The molecular weight excluding hydrogens is 226 g/mol. The first-order valence-corrected chi connectivity index (χ1v) is 6.11. The highest BCUT2D eigenvalue weighted by molar-refractivity contribution is 7.91. The molecule has 0 radical (unpaired) electrons. The lowest BCUT2D eigenvalue weighted by Crippen LogP contribution is -2.04. The standard InChI is InChI=1S/C10H11N3O2S/c1-7-3-2-4-8(5-7)16(14,15)9-6-12-13-10(9)11/h2-6H,1H3,(H3,11,12,13). The van der Waals surface area contributed by atoms with E-state index in [1.54, 1.807) is 12.1 Å². The van der Waals surface area contributed by atoms with Crippen LogP contribution < -0.4 is 5.73 Å². The van der Waals surface area contributed by atoms with Crippen LogP contribution in [0.5, 0.6) is 0 Å². The Morgan fingerprint density at radius 2 is 2.12 bits per heavy atom. The summed E-state index contributed by atoms with van der Waals surface area (Å²) in [7, 11) is -3.57. The van der Waals surface area contributed by atoms with Gasteiger partial charge in [-0.2, -0.15) is 5.10 Å². The topological polar surface area (TPSA) is 88.8 Å². The second-order valence-corrected chi connectivity index (χ2v) is 5.39. The largest absolute Gasteiger partial charge is 0.383 e. The zero-order valence-corrected chi connectivity index (χ0v) is 9.45. The molecule has 6 heteroatoms. The number of rotatable bonds is 2. The molecule has 0 amide bonds. The smallest absolute Gasteiger partial charge is 0.211 e. The molecule has 16 heavy (non-hydrogen) atoms. The van der Waals surface area contributed by atoms with Gasteiger partial charge < -0.3 is 5.73 Å². The van der Waals surface area contributed by atoms with Crippen LogP contribution in [-0.2, 0) is 9.84 Å². The van der Waals surface area contributed by atoms with Crippen LogP contribution in [0.25, 0.3) is 0 Å². The van der Waals surface area contributed by atoms with Crippen molar-refractivity contribution in [2.24, 2.45) is 0 Å². The Bertz CT molecular complexity index is 616. The van der Waals surface area contributed by atoms with Gasteiger partial charge in [0.05, 0.1) is 11.1 Å². The van der Waals surface area contributed by atoms with Gasteiger partial charge in [-0.15, -0.1) is 0 Å². The fraction of sp³-hybridized carbons (Fsp3) is 0.100. The summed E-state index contributed by atoms with van der Waals surface area (Å²) in [5.74, 6) is 0.0570. The van der Waals surface area contributed by atoms with Crippen LogP contribution in [-0.4, -0.2) is 18.6 Å². The molecule has 2 rings (SSSR count). The van der Waals surface area contributed by atoms with E-state index in [1.165, 1.54) is 12.3 Å². The number of benzene rings is 1. The normalized spacial score (nSPS) is 11.6. The molecule has 0 unspecified atom stereocenters. The maximum absolute atomic E-state index is 12.1. The molecule has 84 valence electrons. The molecule has 0 bridgehead atoms. The van der Waals surface area contributed by atoms with E-state index < -0.39 is 9.84 Å². The van der Waals surface area contributed by atoms with Crippen LogP contribution in [0.1, 0.15) is 5.56 Å². The van der Waals surface area contributed by atoms with Crippen molar-refractivity contribution < 1.29 is 8.42 Å². The lowest BCUT2D eigenvalue weighted by atomic mass is 10.2. The van der Waals surface area contributed by atoms with Gasteiger partial charge in [0.15, 0.2) is 0 Å². The van der Waals surface area contributed by atoms with E-state index in [0.29, 0.717) is 0 Å². The van der Waals surface area contributed by atoms with E-state index in [-0.39, 0.29) is 15.6 Å². The molecule has 0 spiro atoms. The number of nitrogens with one attached hydrogen (secondary N) is 1. The molecule has 0 aliphatic carbocycles. The first kappa shape index (κ1) is 10.7. The van der Waals surface area contributed by atoms with Crippen molar-refractivity contribution in [3.8, 4) is 0 Å². The number of aromatic nitrogens is 2. The summed E-state index contributed by atoms with van der Waals surface area (Å²) in [6.45, 7) is 1.83. The van der Waals surface area contributed by atoms with Crippen molar-refractivity contribution in [2.75, 3.05) is 5.73 Å². The molecule has 0 saturated carbocycles. The SMILES string of the molecule is Cc1cccc(S(=O)(=O)c2cn[nH]c2N)c1. The van der Waals surface area contributed by atoms with Crippen LogP contribution >= 0.6 is 0 Å². The Kier molecular flexibility index (Phi) is 2.43. The van der Waals surface area contributed by atoms with E-state index in [1.807, 2.05) is 13.0 Å². The Morgan fingerprint density at radius 3 is 2.69 bits per heavy atom. The van der Waals surface area contributed by atoms with Crippen molar-refractivity contribution in [3.05, 3.63) is 36.0 Å². The zero-order chi connectivity index (χ0) is 11.8. The fourth-order valence-electron chi connectivity index (χ4n) is 1.41. The van der Waals surface area contributed by atoms with Gasteiger partial charge in [-0.05, 0) is 24.6 Å². The lowest BCUT2D eigenvalue weighted by Gasteiger charge is -2.03. The van der Waals surface area contributed by atoms with Gasteiger partial charge in [-0.3, -0.25) is 5.10 Å². The Balaban J connectivity index is 2.61. The summed E-state index contributed by atoms with van der Waals surface area (Å²) in [5, 5.41) is 6.01. The summed E-state index contributed by atoms with van der Waals surface area (Å²) >= 11 is 0. The zero-order valence-electron chi connectivity index (χ0n) is 8.64. The maximum atomic E-state index is 12.1. The Morgan fingerprint density at radius 1 is 1.38 bits per heavy atom. The minimum absolute atomic E-state index is 0.0121. The van der Waals surface area contributed by atoms with E-state index in [4.69, 9.17) is 5.73 Å². The third kappa shape index (κ3) is 1.67. The van der Waals surface area contributed by atoms with Crippen molar-refractivity contribution in [3.63, 3.8) is 0 Å². The van der Waals surface area contributed by atoms with Gasteiger partial charge in [0.1, 0.15) is 10.7 Å². The number of nitrogen functional groups attached to an aromatic ring is 1. The average molecular weight is 237 g/mol. The van der Waals surface area contributed by atoms with Gasteiger partial charge in [0.25, 0.3) is 0 Å². The molecular formula is C10H11N3O2S. The first-order chi connectivity index (χ1) is 7.51. The molecule has 1 aromatic carbocycles. The van der Waals surface area contributed by atoms with Crippen LogP contribution in [0, 0.1) is 6.92 Å². The number of sulfone groups is 1. The fourth-order valence-corrected chi connectivity index (χ4v) is 2.79. The molecule has 1 heterocycles. The Hall–Kier alpha value is -1.82. The number of anilines is 1. The molecule has 2 aromatic rings. The number of aryl methyl sites for hydroxylation is 1. The highest BCUT2D eigenvalue weighted by Gasteiger charge is 2.21. The average Bonchev–Trinajstić information content (AvgIpc) is 2.65. The monoisotopic (exact) mass is 237 g/mol. The van der Waals surface area contributed by atoms with E-state index >= 15 is 0 Å². The van der Waals surface area contributed by atoms with Crippen LogP contribution in [0.15, 0.2) is 40.3 Å². The molecule has 0 atom stereocenters. The predicted octanol–water partition coefficient (Wildman–Crippen LogP) is 1.13. The molecule has 3 N–H and O–H groups in total. The quantitative estimate of drug-likeness (QED) is 0.819. The molecule has 5 nitrogen and oxygen atoms in total. The second kappa shape index (κ2) is 3.64. The van der Waals surface area contributed by atoms with Crippen LogP contribution in [0.4, 0.5) is 5.82 Å².